The molecule has 132 valence electrons. The molecule has 3 atom stereocenters. The molecule has 5 nitrogen and oxygen atoms in total. The Hall–Kier alpha value is -1.95. The second-order valence-electron chi connectivity index (χ2n) is 6.04. The number of aliphatic hydroxyl groups excluding tert-OH is 3. The molecule has 5 heteroatoms. The van der Waals surface area contributed by atoms with Gasteiger partial charge in [0.25, 0.3) is 0 Å². The maximum atomic E-state index is 10.5. The lowest BCUT2D eigenvalue weighted by Crippen LogP contribution is -2.27. The van der Waals surface area contributed by atoms with Crippen LogP contribution in [0.4, 0.5) is 0 Å². The number of aliphatic carboxylic acids is 1. The van der Waals surface area contributed by atoms with E-state index in [4.69, 9.17) is 5.11 Å². The van der Waals surface area contributed by atoms with E-state index in [0.717, 1.165) is 35.6 Å². The highest BCUT2D eigenvalue weighted by molar-refractivity contribution is 5.80. The van der Waals surface area contributed by atoms with Gasteiger partial charge >= 0.3 is 5.97 Å². The third kappa shape index (κ3) is 8.06. The summed E-state index contributed by atoms with van der Waals surface area (Å²) >= 11 is 0. The summed E-state index contributed by atoms with van der Waals surface area (Å²) in [5.41, 5.74) is 2.90. The van der Waals surface area contributed by atoms with E-state index in [0.29, 0.717) is 0 Å². The molecule has 0 saturated heterocycles. The highest BCUT2D eigenvalue weighted by Gasteiger charge is 2.15. The Kier molecular flexibility index (Phi) is 8.40. The van der Waals surface area contributed by atoms with Crippen molar-refractivity contribution < 1.29 is 25.2 Å². The van der Waals surface area contributed by atoms with Crippen molar-refractivity contribution in [3.63, 3.8) is 0 Å². The van der Waals surface area contributed by atoms with E-state index in [2.05, 4.69) is 0 Å². The minimum absolute atomic E-state index is 0.121. The van der Waals surface area contributed by atoms with Gasteiger partial charge in [-0.1, -0.05) is 42.0 Å². The molecule has 0 fully saturated rings. The second kappa shape index (κ2) is 10.0. The third-order valence-corrected chi connectivity index (χ3v) is 3.59. The number of rotatable bonds is 8. The average molecular weight is 334 g/mol. The molecule has 24 heavy (non-hydrogen) atoms. The predicted octanol–water partition coefficient (Wildman–Crippen LogP) is 2.27. The van der Waals surface area contributed by atoms with E-state index in [1.54, 1.807) is 19.1 Å². The number of hydrogen-bond donors (Lipinski definition) is 4. The molecule has 0 aromatic carbocycles. The van der Waals surface area contributed by atoms with Gasteiger partial charge in [-0.15, -0.1) is 0 Å². The first-order valence-corrected chi connectivity index (χ1v) is 7.99. The van der Waals surface area contributed by atoms with Crippen LogP contribution in [0.1, 0.15) is 33.1 Å². The van der Waals surface area contributed by atoms with Crippen molar-refractivity contribution in [3.8, 4) is 0 Å². The zero-order valence-corrected chi connectivity index (χ0v) is 14.1. The standard InChI is InChI=1S/C19H26O5/c1-13(10-17(21)18(22)11-14(2)20)4-3-5-15-6-7-16(12-15)8-9-19(23)24/h3-5,8-10,12,14,17-18,20-22H,6-7,11H2,1-2H3,(H,23,24). The fourth-order valence-corrected chi connectivity index (χ4v) is 2.36. The molecule has 4 N–H and O–H groups in total. The highest BCUT2D eigenvalue weighted by Crippen LogP contribution is 2.24. The maximum absolute atomic E-state index is 10.5. The largest absolute Gasteiger partial charge is 0.478 e. The minimum Gasteiger partial charge on any atom is -0.478 e. The highest BCUT2D eigenvalue weighted by atomic mass is 16.4. The normalized spacial score (nSPS) is 21.5. The molecule has 3 unspecified atom stereocenters. The SMILES string of the molecule is CC(C=CC=C1C=C(C=CC(=O)O)CC1)=CC(O)C(O)CC(C)O. The van der Waals surface area contributed by atoms with Crippen molar-refractivity contribution >= 4 is 5.97 Å². The van der Waals surface area contributed by atoms with Crippen LogP contribution in [0.3, 0.4) is 0 Å². The fraction of sp³-hybridized carbons (Fsp3) is 0.421. The van der Waals surface area contributed by atoms with Crippen LogP contribution < -0.4 is 0 Å². The van der Waals surface area contributed by atoms with E-state index in [1.165, 1.54) is 0 Å². The lowest BCUT2D eigenvalue weighted by molar-refractivity contribution is -0.131. The molecule has 0 heterocycles. The quantitative estimate of drug-likeness (QED) is 0.403. The summed E-state index contributed by atoms with van der Waals surface area (Å²) < 4.78 is 0. The Labute approximate surface area is 142 Å². The van der Waals surface area contributed by atoms with Crippen molar-refractivity contribution in [1.29, 1.82) is 0 Å². The van der Waals surface area contributed by atoms with Crippen LogP contribution in [0.15, 0.2) is 59.3 Å². The van der Waals surface area contributed by atoms with Crippen molar-refractivity contribution in [1.82, 2.24) is 0 Å². The molecular formula is C19H26O5. The molecule has 0 aromatic heterocycles. The fourth-order valence-electron chi connectivity index (χ4n) is 2.36. The molecule has 1 rings (SSSR count). The van der Waals surface area contributed by atoms with Crippen molar-refractivity contribution in [3.05, 3.63) is 59.3 Å². The predicted molar refractivity (Wildman–Crippen MR) is 93.4 cm³/mol. The summed E-state index contributed by atoms with van der Waals surface area (Å²) in [4.78, 5) is 10.5. The Morgan fingerprint density at radius 1 is 1.25 bits per heavy atom. The molecule has 0 amide bonds. The minimum atomic E-state index is -1.02. The van der Waals surface area contributed by atoms with Crippen molar-refractivity contribution in [2.45, 2.75) is 51.4 Å². The molecule has 0 bridgehead atoms. The van der Waals surface area contributed by atoms with Crippen LogP contribution in [0.2, 0.25) is 0 Å². The summed E-state index contributed by atoms with van der Waals surface area (Å²) in [6.45, 7) is 3.38. The number of allylic oxidation sites excluding steroid dienone is 8. The van der Waals surface area contributed by atoms with Gasteiger partial charge < -0.3 is 20.4 Å². The van der Waals surface area contributed by atoms with Gasteiger partial charge in [0.15, 0.2) is 0 Å². The van der Waals surface area contributed by atoms with Crippen molar-refractivity contribution in [2.24, 2.45) is 0 Å². The Bertz CT molecular complexity index is 579. The molecule has 1 aliphatic carbocycles. The first-order chi connectivity index (χ1) is 11.3. The van der Waals surface area contributed by atoms with E-state index in [-0.39, 0.29) is 6.42 Å². The molecule has 1 aliphatic rings. The topological polar surface area (TPSA) is 98.0 Å². The molecular weight excluding hydrogens is 308 g/mol. The van der Waals surface area contributed by atoms with Gasteiger partial charge in [-0.25, -0.2) is 4.79 Å². The zero-order valence-electron chi connectivity index (χ0n) is 14.1. The summed E-state index contributed by atoms with van der Waals surface area (Å²) in [5.74, 6) is -0.953. The summed E-state index contributed by atoms with van der Waals surface area (Å²) in [7, 11) is 0. The second-order valence-corrected chi connectivity index (χ2v) is 6.04. The monoisotopic (exact) mass is 334 g/mol. The smallest absolute Gasteiger partial charge is 0.328 e. The van der Waals surface area contributed by atoms with Gasteiger partial charge in [-0.05, 0) is 37.8 Å². The number of carboxylic acids is 1. The van der Waals surface area contributed by atoms with Gasteiger partial charge in [0.1, 0.15) is 0 Å². The molecule has 0 spiro atoms. The van der Waals surface area contributed by atoms with Gasteiger partial charge in [0.05, 0.1) is 18.3 Å². The third-order valence-electron chi connectivity index (χ3n) is 3.59. The van der Waals surface area contributed by atoms with Crippen LogP contribution in [-0.4, -0.2) is 44.7 Å². The lowest BCUT2D eigenvalue weighted by atomic mass is 10.0. The summed E-state index contributed by atoms with van der Waals surface area (Å²) in [6.07, 6.45) is 11.0. The van der Waals surface area contributed by atoms with Gasteiger partial charge in [0.2, 0.25) is 0 Å². The first kappa shape index (κ1) is 20.1. The van der Waals surface area contributed by atoms with Crippen molar-refractivity contribution in [2.75, 3.05) is 0 Å². The van der Waals surface area contributed by atoms with E-state index in [1.807, 2.05) is 31.2 Å². The van der Waals surface area contributed by atoms with Crippen LogP contribution in [0, 0.1) is 0 Å². The van der Waals surface area contributed by atoms with Gasteiger partial charge in [-0.2, -0.15) is 0 Å². The summed E-state index contributed by atoms with van der Waals surface area (Å²) in [6, 6.07) is 0. The van der Waals surface area contributed by atoms with E-state index in [9.17, 15) is 20.1 Å². The van der Waals surface area contributed by atoms with Gasteiger partial charge in [-0.3, -0.25) is 0 Å². The van der Waals surface area contributed by atoms with Gasteiger partial charge in [0, 0.05) is 12.5 Å². The molecule has 0 radical (unpaired) electrons. The Morgan fingerprint density at radius 3 is 2.58 bits per heavy atom. The molecule has 0 aliphatic heterocycles. The van der Waals surface area contributed by atoms with Crippen LogP contribution in [0.5, 0.6) is 0 Å². The van der Waals surface area contributed by atoms with E-state index < -0.39 is 24.3 Å². The van der Waals surface area contributed by atoms with Crippen LogP contribution in [-0.2, 0) is 4.79 Å². The number of hydrogen-bond acceptors (Lipinski definition) is 4. The Morgan fingerprint density at radius 2 is 1.96 bits per heavy atom. The number of carboxylic acid groups (broad SMARTS) is 1. The van der Waals surface area contributed by atoms with Crippen LogP contribution in [0.25, 0.3) is 0 Å². The molecule has 0 aromatic rings. The van der Waals surface area contributed by atoms with Crippen LogP contribution >= 0.6 is 0 Å². The number of carbonyl (C=O) groups is 1. The number of aliphatic hydroxyl groups is 3. The maximum Gasteiger partial charge on any atom is 0.328 e. The Balaban J connectivity index is 2.59. The molecule has 0 saturated carbocycles. The first-order valence-electron chi connectivity index (χ1n) is 7.99. The van der Waals surface area contributed by atoms with E-state index >= 15 is 0 Å². The average Bonchev–Trinajstić information content (AvgIpc) is 2.92. The lowest BCUT2D eigenvalue weighted by Gasteiger charge is -2.16. The zero-order chi connectivity index (χ0) is 18.1. The summed E-state index contributed by atoms with van der Waals surface area (Å²) in [5, 5.41) is 37.3.